The summed E-state index contributed by atoms with van der Waals surface area (Å²) < 4.78 is 0. The fourth-order valence-electron chi connectivity index (χ4n) is 1.63. The van der Waals surface area contributed by atoms with Crippen LogP contribution in [-0.2, 0) is 4.79 Å². The molecule has 5 heteroatoms. The first-order valence-corrected chi connectivity index (χ1v) is 4.49. The van der Waals surface area contributed by atoms with E-state index in [1.54, 1.807) is 0 Å². The van der Waals surface area contributed by atoms with Crippen LogP contribution in [0.5, 0.6) is 0 Å². The Morgan fingerprint density at radius 3 is 2.54 bits per heavy atom. The van der Waals surface area contributed by atoms with Gasteiger partial charge in [0.15, 0.2) is 0 Å². The Morgan fingerprint density at radius 1 is 1.62 bits per heavy atom. The van der Waals surface area contributed by atoms with Crippen molar-refractivity contribution >= 4 is 43.6 Å². The zero-order chi connectivity index (χ0) is 8.97. The van der Waals surface area contributed by atoms with Crippen molar-refractivity contribution in [3.63, 3.8) is 0 Å². The molecular weight excluding hydrogens is 194 g/mol. The second kappa shape index (κ2) is 7.01. The third-order valence-electron chi connectivity index (χ3n) is 2.31. The number of nitrogens with two attached hydrogens (primary N) is 1. The van der Waals surface area contributed by atoms with Crippen molar-refractivity contribution in [1.29, 1.82) is 0 Å². The van der Waals surface area contributed by atoms with Gasteiger partial charge in [-0.1, -0.05) is 6.92 Å². The summed E-state index contributed by atoms with van der Waals surface area (Å²) in [5, 5.41) is 3.24. The van der Waals surface area contributed by atoms with E-state index in [0.29, 0.717) is 0 Å². The van der Waals surface area contributed by atoms with Gasteiger partial charge < -0.3 is 13.9 Å². The third-order valence-corrected chi connectivity index (χ3v) is 2.31. The average Bonchev–Trinajstić information content (AvgIpc) is 2.07. The van der Waals surface area contributed by atoms with Gasteiger partial charge in [-0.15, -0.1) is 0 Å². The predicted octanol–water partition coefficient (Wildman–Crippen LogP) is -1.00. The molecule has 0 aromatic rings. The van der Waals surface area contributed by atoms with Crippen LogP contribution >= 0.6 is 0 Å². The number of nitrogens with one attached hydrogen (secondary N) is 1. The van der Waals surface area contributed by atoms with Gasteiger partial charge in [0.05, 0.1) is 6.04 Å². The van der Waals surface area contributed by atoms with Crippen LogP contribution in [0.3, 0.4) is 0 Å². The first-order chi connectivity index (χ1) is 5.75. The van der Waals surface area contributed by atoms with Crippen LogP contribution in [0.25, 0.3) is 0 Å². The topological polar surface area (TPSA) is 58.4 Å². The minimum atomic E-state index is -0.195. The average molecular weight is 213 g/mol. The molecule has 1 aliphatic rings. The van der Waals surface area contributed by atoms with Crippen molar-refractivity contribution in [3.05, 3.63) is 0 Å². The molecule has 0 aromatic carbocycles. The first-order valence-electron chi connectivity index (χ1n) is 4.49. The second-order valence-electron chi connectivity index (χ2n) is 3.11. The Kier molecular flexibility index (Phi) is 7.36. The molecule has 1 atom stereocenters. The van der Waals surface area contributed by atoms with Crippen LogP contribution in [0.2, 0.25) is 0 Å². The van der Waals surface area contributed by atoms with E-state index < -0.39 is 0 Å². The summed E-state index contributed by atoms with van der Waals surface area (Å²) in [6.07, 6.45) is 0.815. The van der Waals surface area contributed by atoms with Crippen molar-refractivity contribution < 1.29 is 7.65 Å². The molecule has 0 spiro atoms. The largest absolute Gasteiger partial charge is 2.00 e. The van der Waals surface area contributed by atoms with Crippen molar-refractivity contribution in [2.24, 2.45) is 5.73 Å². The second-order valence-corrected chi connectivity index (χ2v) is 3.11. The summed E-state index contributed by atoms with van der Waals surface area (Å²) in [5.41, 5.74) is 5.28. The Bertz CT molecular complexity index is 168. The molecule has 4 nitrogen and oxygen atoms in total. The van der Waals surface area contributed by atoms with Crippen LogP contribution in [-0.4, -0.2) is 80.8 Å². The molecule has 3 N–H and O–H groups in total. The first kappa shape index (κ1) is 13.6. The molecule has 0 saturated carbocycles. The Hall–Kier alpha value is 0.650. The number of hydrogen-bond donors (Lipinski definition) is 2. The van der Waals surface area contributed by atoms with Crippen LogP contribution in [0, 0.1) is 0 Å². The van der Waals surface area contributed by atoms with E-state index in [1.165, 1.54) is 0 Å². The van der Waals surface area contributed by atoms with E-state index in [4.69, 9.17) is 5.73 Å². The third kappa shape index (κ3) is 4.12. The van der Waals surface area contributed by atoms with Gasteiger partial charge in [0.25, 0.3) is 0 Å². The summed E-state index contributed by atoms with van der Waals surface area (Å²) >= 11 is 0. The molecule has 74 valence electrons. The van der Waals surface area contributed by atoms with E-state index in [2.05, 4.69) is 10.2 Å². The van der Waals surface area contributed by atoms with Crippen LogP contribution in [0.1, 0.15) is 16.2 Å². The molecule has 1 fully saturated rings. The normalized spacial score (nSPS) is 20.4. The van der Waals surface area contributed by atoms with Gasteiger partial charge in [0.1, 0.15) is 0 Å². The van der Waals surface area contributed by atoms with Gasteiger partial charge in [-0.25, -0.2) is 0 Å². The van der Waals surface area contributed by atoms with E-state index in [-0.39, 0.29) is 52.5 Å². The monoisotopic (exact) mass is 213 g/mol. The predicted molar refractivity (Wildman–Crippen MR) is 55.7 cm³/mol. The number of piperazine rings is 1. The van der Waals surface area contributed by atoms with Gasteiger partial charge in [0, 0.05) is 26.2 Å². The number of primary amides is 1. The quantitative estimate of drug-likeness (QED) is 0.591. The zero-order valence-electron chi connectivity index (χ0n) is 10.3. The summed E-state index contributed by atoms with van der Waals surface area (Å²) in [6, 6.07) is -0.0629. The molecule has 13 heavy (non-hydrogen) atoms. The van der Waals surface area contributed by atoms with E-state index >= 15 is 0 Å². The summed E-state index contributed by atoms with van der Waals surface area (Å²) in [5.74, 6) is -0.195. The summed E-state index contributed by atoms with van der Waals surface area (Å²) in [4.78, 5) is 13.1. The number of carbonyl (C=O) groups excluding carboxylic acids is 1. The minimum Gasteiger partial charge on any atom is -1.00 e. The molecule has 1 amide bonds. The smallest absolute Gasteiger partial charge is 1.00 e. The van der Waals surface area contributed by atoms with Gasteiger partial charge in [-0.2, -0.15) is 0 Å². The van der Waals surface area contributed by atoms with Gasteiger partial charge >= 0.3 is 37.7 Å². The molecule has 1 rings (SSSR count). The van der Waals surface area contributed by atoms with Gasteiger partial charge in [0.2, 0.25) is 5.91 Å². The van der Waals surface area contributed by atoms with E-state index in [9.17, 15) is 4.79 Å². The maximum absolute atomic E-state index is 11.0. The van der Waals surface area contributed by atoms with Gasteiger partial charge in [-0.3, -0.25) is 9.69 Å². The van der Waals surface area contributed by atoms with Crippen LogP contribution in [0.4, 0.5) is 0 Å². The minimum absolute atomic E-state index is 0. The zero-order valence-corrected chi connectivity index (χ0v) is 10.5. The Labute approximate surface area is 112 Å². The fourth-order valence-corrected chi connectivity index (χ4v) is 1.63. The SMILES string of the molecule is CCC(C(N)=O)N1CCNCC1.[Ca+2].[H-].[H-]. The van der Waals surface area contributed by atoms with Crippen molar-refractivity contribution in [3.8, 4) is 0 Å². The number of rotatable bonds is 3. The summed E-state index contributed by atoms with van der Waals surface area (Å²) in [6.45, 7) is 5.79. The molecule has 1 heterocycles. The molecule has 0 bridgehead atoms. The number of hydrogen-bond acceptors (Lipinski definition) is 3. The van der Waals surface area contributed by atoms with Crippen molar-refractivity contribution in [2.45, 2.75) is 19.4 Å². The van der Waals surface area contributed by atoms with Crippen LogP contribution < -0.4 is 11.1 Å². The fraction of sp³-hybridized carbons (Fsp3) is 0.875. The Balaban J connectivity index is -0.000000480. The molecule has 1 saturated heterocycles. The number of amides is 1. The van der Waals surface area contributed by atoms with Crippen molar-refractivity contribution in [1.82, 2.24) is 10.2 Å². The van der Waals surface area contributed by atoms with Crippen LogP contribution in [0.15, 0.2) is 0 Å². The Morgan fingerprint density at radius 2 is 2.15 bits per heavy atom. The van der Waals surface area contributed by atoms with Crippen molar-refractivity contribution in [2.75, 3.05) is 26.2 Å². The molecule has 0 aromatic heterocycles. The van der Waals surface area contributed by atoms with E-state index in [0.717, 1.165) is 32.6 Å². The summed E-state index contributed by atoms with van der Waals surface area (Å²) in [7, 11) is 0. The molecule has 1 unspecified atom stereocenters. The molecule has 1 aliphatic heterocycles. The maximum Gasteiger partial charge on any atom is 2.00 e. The van der Waals surface area contributed by atoms with Gasteiger partial charge in [-0.05, 0) is 6.42 Å². The molecular formula is C8H19CaN3O. The number of nitrogens with zero attached hydrogens (tertiary/aromatic N) is 1. The molecule has 0 radical (unpaired) electrons. The standard InChI is InChI=1S/C8H17N3O.Ca.2H/c1-2-7(8(9)12)11-5-3-10-4-6-11;;;/h7,10H,2-6H2,1H3,(H2,9,12);;;/q;+2;2*-1. The maximum atomic E-state index is 11.0. The number of carbonyl (C=O) groups is 1. The van der Waals surface area contributed by atoms with E-state index in [1.807, 2.05) is 6.92 Å². The molecule has 0 aliphatic carbocycles.